The Balaban J connectivity index is 2.13. The zero-order valence-corrected chi connectivity index (χ0v) is 13.5. The van der Waals surface area contributed by atoms with Crippen LogP contribution in [0.15, 0.2) is 42.5 Å². The summed E-state index contributed by atoms with van der Waals surface area (Å²) in [6.45, 7) is 5.40. The molecule has 2 rings (SSSR count). The maximum absolute atomic E-state index is 12.1. The number of nitrogens with one attached hydrogen (secondary N) is 2. The van der Waals surface area contributed by atoms with Crippen LogP contribution in [-0.2, 0) is 4.79 Å². The van der Waals surface area contributed by atoms with Crippen molar-refractivity contribution in [3.8, 4) is 0 Å². The van der Waals surface area contributed by atoms with Crippen LogP contribution in [0, 0.1) is 5.92 Å². The molecule has 0 unspecified atom stereocenters. The number of carboxylic acid groups (broad SMARTS) is 1. The Morgan fingerprint density at radius 3 is 2.26 bits per heavy atom. The number of hydrogen-bond donors (Lipinski definition) is 3. The summed E-state index contributed by atoms with van der Waals surface area (Å²) in [6, 6.07) is 12.3. The predicted octanol–water partition coefficient (Wildman–Crippen LogP) is 3.31. The first-order valence-corrected chi connectivity index (χ1v) is 7.67. The highest BCUT2D eigenvalue weighted by Crippen LogP contribution is 2.23. The molecule has 0 heterocycles. The zero-order valence-electron chi connectivity index (χ0n) is 13.5. The van der Waals surface area contributed by atoms with E-state index in [0.29, 0.717) is 0 Å². The summed E-state index contributed by atoms with van der Waals surface area (Å²) in [5.74, 6) is -1.22. The van der Waals surface area contributed by atoms with Gasteiger partial charge in [-0.1, -0.05) is 56.3 Å². The molecule has 23 heavy (non-hydrogen) atoms. The number of hydrogen-bond acceptors (Lipinski definition) is 2. The molecule has 0 radical (unpaired) electrons. The second-order valence-corrected chi connectivity index (χ2v) is 5.97. The third-order valence-electron chi connectivity index (χ3n) is 3.86. The molecule has 0 fully saturated rings. The van der Waals surface area contributed by atoms with Crippen molar-refractivity contribution in [2.75, 3.05) is 0 Å². The van der Waals surface area contributed by atoms with Crippen LogP contribution >= 0.6 is 0 Å². The van der Waals surface area contributed by atoms with Crippen LogP contribution in [0.3, 0.4) is 0 Å². The molecule has 0 aliphatic rings. The maximum Gasteiger partial charge on any atom is 0.326 e. The first-order chi connectivity index (χ1) is 10.9. The molecule has 0 bridgehead atoms. The van der Waals surface area contributed by atoms with E-state index in [1.54, 1.807) is 13.8 Å². The van der Waals surface area contributed by atoms with Gasteiger partial charge >= 0.3 is 12.0 Å². The second kappa shape index (κ2) is 7.13. The monoisotopic (exact) mass is 314 g/mol. The molecule has 0 aliphatic carbocycles. The van der Waals surface area contributed by atoms with E-state index in [9.17, 15) is 9.59 Å². The van der Waals surface area contributed by atoms with Crippen molar-refractivity contribution in [1.82, 2.24) is 10.6 Å². The molecule has 0 aliphatic heterocycles. The van der Waals surface area contributed by atoms with Crippen molar-refractivity contribution < 1.29 is 14.7 Å². The van der Waals surface area contributed by atoms with Crippen LogP contribution < -0.4 is 10.6 Å². The number of aliphatic carboxylic acids is 1. The molecule has 5 heteroatoms. The summed E-state index contributed by atoms with van der Waals surface area (Å²) >= 11 is 0. The van der Waals surface area contributed by atoms with Crippen molar-refractivity contribution in [2.24, 2.45) is 5.92 Å². The van der Waals surface area contributed by atoms with E-state index < -0.39 is 18.0 Å². The lowest BCUT2D eigenvalue weighted by atomic mass is 10.00. The Hall–Kier alpha value is -2.56. The lowest BCUT2D eigenvalue weighted by molar-refractivity contribution is -0.140. The molecule has 2 atom stereocenters. The van der Waals surface area contributed by atoms with Gasteiger partial charge in [-0.3, -0.25) is 0 Å². The van der Waals surface area contributed by atoms with E-state index in [0.717, 1.165) is 16.3 Å². The number of benzene rings is 2. The lowest BCUT2D eigenvalue weighted by Crippen LogP contribution is -2.49. The van der Waals surface area contributed by atoms with Gasteiger partial charge in [-0.25, -0.2) is 9.59 Å². The average Bonchev–Trinajstić information content (AvgIpc) is 2.51. The highest BCUT2D eigenvalue weighted by Gasteiger charge is 2.24. The van der Waals surface area contributed by atoms with Crippen molar-refractivity contribution in [1.29, 1.82) is 0 Å². The Bertz CT molecular complexity index is 707. The molecule has 0 spiro atoms. The van der Waals surface area contributed by atoms with Gasteiger partial charge in [0.1, 0.15) is 6.04 Å². The summed E-state index contributed by atoms with van der Waals surface area (Å²) in [4.78, 5) is 23.3. The number of carboxylic acids is 1. The van der Waals surface area contributed by atoms with Crippen LogP contribution in [0.2, 0.25) is 0 Å². The van der Waals surface area contributed by atoms with Gasteiger partial charge in [0, 0.05) is 0 Å². The number of urea groups is 1. The van der Waals surface area contributed by atoms with Crippen LogP contribution in [0.1, 0.15) is 32.4 Å². The van der Waals surface area contributed by atoms with Crippen molar-refractivity contribution in [2.45, 2.75) is 32.9 Å². The van der Waals surface area contributed by atoms with Crippen molar-refractivity contribution >= 4 is 22.8 Å². The van der Waals surface area contributed by atoms with Crippen molar-refractivity contribution in [3.63, 3.8) is 0 Å². The summed E-state index contributed by atoms with van der Waals surface area (Å²) in [6.07, 6.45) is 0. The molecule has 122 valence electrons. The SMILES string of the molecule is CC(C)[C@H](NC(=O)N[C@H](C)c1cccc2ccccc12)C(=O)O. The van der Waals surface area contributed by atoms with Gasteiger partial charge in [0.2, 0.25) is 0 Å². The minimum Gasteiger partial charge on any atom is -0.480 e. The van der Waals surface area contributed by atoms with Crippen LogP contribution in [0.4, 0.5) is 4.79 Å². The Morgan fingerprint density at radius 1 is 0.957 bits per heavy atom. The van der Waals surface area contributed by atoms with E-state index in [2.05, 4.69) is 10.6 Å². The molecule has 5 nitrogen and oxygen atoms in total. The minimum absolute atomic E-state index is 0.189. The van der Waals surface area contributed by atoms with Gasteiger partial charge in [-0.2, -0.15) is 0 Å². The Labute approximate surface area is 135 Å². The third kappa shape index (κ3) is 4.00. The lowest BCUT2D eigenvalue weighted by Gasteiger charge is -2.21. The predicted molar refractivity (Wildman–Crippen MR) is 90.3 cm³/mol. The van der Waals surface area contributed by atoms with Gasteiger partial charge in [-0.15, -0.1) is 0 Å². The first-order valence-electron chi connectivity index (χ1n) is 7.67. The number of fused-ring (bicyclic) bond motifs is 1. The number of carbonyl (C=O) groups excluding carboxylic acids is 1. The fraction of sp³-hybridized carbons (Fsp3) is 0.333. The van der Waals surface area contributed by atoms with Gasteiger partial charge in [0.05, 0.1) is 6.04 Å². The highest BCUT2D eigenvalue weighted by molar-refractivity contribution is 5.87. The fourth-order valence-electron chi connectivity index (χ4n) is 2.60. The highest BCUT2D eigenvalue weighted by atomic mass is 16.4. The van der Waals surface area contributed by atoms with Crippen molar-refractivity contribution in [3.05, 3.63) is 48.0 Å². The molecular formula is C18H22N2O3. The molecule has 3 N–H and O–H groups in total. The maximum atomic E-state index is 12.1. The molecule has 2 amide bonds. The summed E-state index contributed by atoms with van der Waals surface area (Å²) in [7, 11) is 0. The molecule has 2 aromatic carbocycles. The molecule has 2 aromatic rings. The zero-order chi connectivity index (χ0) is 17.0. The Morgan fingerprint density at radius 2 is 1.61 bits per heavy atom. The topological polar surface area (TPSA) is 78.4 Å². The normalized spacial score (nSPS) is 13.6. The number of carbonyl (C=O) groups is 2. The van der Waals surface area contributed by atoms with Crippen LogP contribution in [0.5, 0.6) is 0 Å². The van der Waals surface area contributed by atoms with Gasteiger partial charge in [-0.05, 0) is 29.2 Å². The fourth-order valence-corrected chi connectivity index (χ4v) is 2.60. The molecular weight excluding hydrogens is 292 g/mol. The van der Waals surface area contributed by atoms with Crippen LogP contribution in [-0.4, -0.2) is 23.1 Å². The Kier molecular flexibility index (Phi) is 5.21. The summed E-state index contributed by atoms with van der Waals surface area (Å²) in [5, 5.41) is 16.6. The molecule has 0 aromatic heterocycles. The quantitative estimate of drug-likeness (QED) is 0.792. The van der Waals surface area contributed by atoms with Crippen LogP contribution in [0.25, 0.3) is 10.8 Å². The number of amides is 2. The standard InChI is InChI=1S/C18H22N2O3/c1-11(2)16(17(21)22)20-18(23)19-12(3)14-10-6-8-13-7-4-5-9-15(13)14/h4-12,16H,1-3H3,(H,21,22)(H2,19,20,23)/t12-,16+/m1/s1. The van der Waals surface area contributed by atoms with Gasteiger partial charge in [0.15, 0.2) is 0 Å². The molecule has 0 saturated heterocycles. The summed E-state index contributed by atoms with van der Waals surface area (Å²) < 4.78 is 0. The second-order valence-electron chi connectivity index (χ2n) is 5.97. The number of rotatable bonds is 5. The average molecular weight is 314 g/mol. The van der Waals surface area contributed by atoms with E-state index in [1.807, 2.05) is 49.4 Å². The minimum atomic E-state index is -1.03. The van der Waals surface area contributed by atoms with E-state index in [-0.39, 0.29) is 12.0 Å². The third-order valence-corrected chi connectivity index (χ3v) is 3.86. The van der Waals surface area contributed by atoms with E-state index >= 15 is 0 Å². The smallest absolute Gasteiger partial charge is 0.326 e. The van der Waals surface area contributed by atoms with Gasteiger partial charge in [0.25, 0.3) is 0 Å². The largest absolute Gasteiger partial charge is 0.480 e. The van der Waals surface area contributed by atoms with Gasteiger partial charge < -0.3 is 15.7 Å². The first kappa shape index (κ1) is 16.8. The molecule has 0 saturated carbocycles. The summed E-state index contributed by atoms with van der Waals surface area (Å²) in [5.41, 5.74) is 0.995. The van der Waals surface area contributed by atoms with E-state index in [4.69, 9.17) is 5.11 Å². The van der Waals surface area contributed by atoms with E-state index in [1.165, 1.54) is 0 Å².